The Morgan fingerprint density at radius 1 is 1.00 bits per heavy atom. The van der Waals surface area contributed by atoms with Gasteiger partial charge in [0.05, 0.1) is 0 Å². The molecule has 0 fully saturated rings. The van der Waals surface area contributed by atoms with Gasteiger partial charge in [0.1, 0.15) is 24.2 Å². The quantitative estimate of drug-likeness (QED) is 0.573. The van der Waals surface area contributed by atoms with E-state index < -0.39 is 0 Å². The summed E-state index contributed by atoms with van der Waals surface area (Å²) in [5, 5.41) is 6.88. The van der Waals surface area contributed by atoms with Crippen molar-refractivity contribution >= 4 is 11.6 Å². The number of hydrogen-bond acceptors (Lipinski definition) is 5. The van der Waals surface area contributed by atoms with Gasteiger partial charge in [0.25, 0.3) is 5.91 Å². The van der Waals surface area contributed by atoms with Crippen LogP contribution >= 0.6 is 0 Å². The number of nitrogens with one attached hydrogen (secondary N) is 1. The zero-order valence-corrected chi connectivity index (χ0v) is 15.1. The highest BCUT2D eigenvalue weighted by atomic mass is 16.5. The molecular formula is C21H17N5O2. The van der Waals surface area contributed by atoms with Crippen molar-refractivity contribution in [1.29, 1.82) is 0 Å². The van der Waals surface area contributed by atoms with E-state index in [4.69, 9.17) is 4.74 Å². The fraction of sp³-hybridized carbons (Fsp3) is 0.0476. The lowest BCUT2D eigenvalue weighted by molar-refractivity contribution is 0.102. The molecule has 0 atom stereocenters. The van der Waals surface area contributed by atoms with Crippen LogP contribution in [0.15, 0.2) is 79.5 Å². The molecule has 0 saturated heterocycles. The highest BCUT2D eigenvalue weighted by Gasteiger charge is 2.09. The largest absolute Gasteiger partial charge is 0.457 e. The van der Waals surface area contributed by atoms with Crippen LogP contribution in [-0.2, 0) is 0 Å². The van der Waals surface area contributed by atoms with Crippen LogP contribution in [0.2, 0.25) is 0 Å². The van der Waals surface area contributed by atoms with Gasteiger partial charge >= 0.3 is 0 Å². The van der Waals surface area contributed by atoms with Gasteiger partial charge < -0.3 is 10.1 Å². The lowest BCUT2D eigenvalue weighted by Gasteiger charge is -2.09. The Morgan fingerprint density at radius 2 is 1.71 bits per heavy atom. The van der Waals surface area contributed by atoms with Gasteiger partial charge in [0.15, 0.2) is 5.82 Å². The van der Waals surface area contributed by atoms with Crippen molar-refractivity contribution in [2.45, 2.75) is 6.92 Å². The van der Waals surface area contributed by atoms with Gasteiger partial charge in [-0.3, -0.25) is 4.79 Å². The molecule has 0 unspecified atom stereocenters. The van der Waals surface area contributed by atoms with Crippen molar-refractivity contribution in [2.24, 2.45) is 0 Å². The minimum Gasteiger partial charge on any atom is -0.457 e. The number of amides is 1. The van der Waals surface area contributed by atoms with Crippen LogP contribution in [0.25, 0.3) is 5.82 Å². The second-order valence-electron chi connectivity index (χ2n) is 6.14. The van der Waals surface area contributed by atoms with Crippen LogP contribution in [0.1, 0.15) is 15.9 Å². The fourth-order valence-electron chi connectivity index (χ4n) is 2.56. The Bertz CT molecular complexity index is 1070. The van der Waals surface area contributed by atoms with Crippen LogP contribution in [0.5, 0.6) is 11.5 Å². The minimum absolute atomic E-state index is 0.240. The molecule has 0 saturated carbocycles. The van der Waals surface area contributed by atoms with Crippen molar-refractivity contribution < 1.29 is 9.53 Å². The van der Waals surface area contributed by atoms with Gasteiger partial charge in [0.2, 0.25) is 0 Å². The molecule has 0 aliphatic carbocycles. The Morgan fingerprint density at radius 3 is 2.39 bits per heavy atom. The molecule has 4 rings (SSSR count). The first-order valence-corrected chi connectivity index (χ1v) is 8.64. The number of carbonyl (C=O) groups excluding carboxylic acids is 1. The zero-order valence-electron chi connectivity index (χ0n) is 15.1. The number of anilines is 1. The van der Waals surface area contributed by atoms with Gasteiger partial charge in [-0.15, -0.1) is 0 Å². The van der Waals surface area contributed by atoms with E-state index in [2.05, 4.69) is 20.4 Å². The van der Waals surface area contributed by atoms with Crippen molar-refractivity contribution in [3.8, 4) is 17.3 Å². The van der Waals surface area contributed by atoms with Crippen LogP contribution in [0, 0.1) is 6.92 Å². The predicted octanol–water partition coefficient (Wildman–Crippen LogP) is 4.02. The molecule has 2 heterocycles. The molecule has 0 aliphatic rings. The molecule has 0 spiro atoms. The molecule has 0 aliphatic heterocycles. The molecule has 0 radical (unpaired) electrons. The molecule has 7 heteroatoms. The van der Waals surface area contributed by atoms with Crippen molar-refractivity contribution in [2.75, 3.05) is 5.32 Å². The smallest absolute Gasteiger partial charge is 0.255 e. The Labute approximate surface area is 161 Å². The van der Waals surface area contributed by atoms with E-state index in [1.807, 2.05) is 43.3 Å². The van der Waals surface area contributed by atoms with E-state index >= 15 is 0 Å². The Balaban J connectivity index is 1.43. The number of pyridine rings is 1. The molecule has 1 amide bonds. The van der Waals surface area contributed by atoms with Gasteiger partial charge in [0, 0.05) is 17.4 Å². The summed E-state index contributed by atoms with van der Waals surface area (Å²) in [5.74, 6) is 1.74. The first-order valence-electron chi connectivity index (χ1n) is 8.64. The van der Waals surface area contributed by atoms with E-state index in [1.165, 1.54) is 22.9 Å². The SMILES string of the molecule is Cc1ccc(Oc2ccc(NC(=O)c3ccnc(-n4cncn4)c3)cc2)cc1. The summed E-state index contributed by atoms with van der Waals surface area (Å²) in [5.41, 5.74) is 2.31. The first-order chi connectivity index (χ1) is 13.7. The van der Waals surface area contributed by atoms with E-state index in [0.717, 1.165) is 5.75 Å². The third kappa shape index (κ3) is 4.04. The topological polar surface area (TPSA) is 81.9 Å². The van der Waals surface area contributed by atoms with E-state index in [9.17, 15) is 4.79 Å². The summed E-state index contributed by atoms with van der Waals surface area (Å²) in [4.78, 5) is 20.6. The summed E-state index contributed by atoms with van der Waals surface area (Å²) < 4.78 is 7.29. The maximum Gasteiger partial charge on any atom is 0.255 e. The van der Waals surface area contributed by atoms with Crippen LogP contribution in [0.3, 0.4) is 0 Å². The number of rotatable bonds is 5. The Kier molecular flexibility index (Phi) is 4.79. The van der Waals surface area contributed by atoms with E-state index in [1.54, 1.807) is 30.5 Å². The number of ether oxygens (including phenoxy) is 1. The number of aromatic nitrogens is 4. The molecule has 0 bridgehead atoms. The summed E-state index contributed by atoms with van der Waals surface area (Å²) in [6.07, 6.45) is 4.50. The molecule has 4 aromatic rings. The third-order valence-corrected chi connectivity index (χ3v) is 4.03. The number of benzene rings is 2. The monoisotopic (exact) mass is 371 g/mol. The molecule has 2 aromatic heterocycles. The van der Waals surface area contributed by atoms with Crippen molar-refractivity contribution in [3.63, 3.8) is 0 Å². The molecule has 1 N–H and O–H groups in total. The molecule has 28 heavy (non-hydrogen) atoms. The summed E-state index contributed by atoms with van der Waals surface area (Å²) in [6.45, 7) is 2.03. The number of nitrogens with zero attached hydrogens (tertiary/aromatic N) is 4. The third-order valence-electron chi connectivity index (χ3n) is 4.03. The lowest BCUT2D eigenvalue weighted by Crippen LogP contribution is -2.13. The van der Waals surface area contributed by atoms with Gasteiger partial charge in [-0.05, 0) is 55.5 Å². The van der Waals surface area contributed by atoms with Crippen molar-refractivity contribution in [3.05, 3.63) is 90.6 Å². The average Bonchev–Trinajstić information content (AvgIpc) is 3.26. The van der Waals surface area contributed by atoms with Crippen LogP contribution < -0.4 is 10.1 Å². The average molecular weight is 371 g/mol. The number of aryl methyl sites for hydroxylation is 1. The zero-order chi connectivity index (χ0) is 19.3. The van der Waals surface area contributed by atoms with E-state index in [-0.39, 0.29) is 5.91 Å². The summed E-state index contributed by atoms with van der Waals surface area (Å²) in [6, 6.07) is 18.3. The normalized spacial score (nSPS) is 10.5. The first kappa shape index (κ1) is 17.4. The second kappa shape index (κ2) is 7.71. The molecule has 7 nitrogen and oxygen atoms in total. The number of carbonyl (C=O) groups is 1. The fourth-order valence-corrected chi connectivity index (χ4v) is 2.56. The van der Waals surface area contributed by atoms with Gasteiger partial charge in [-0.25, -0.2) is 14.6 Å². The Hall–Kier alpha value is -4.00. The lowest BCUT2D eigenvalue weighted by atomic mass is 10.2. The minimum atomic E-state index is -0.240. The molecular weight excluding hydrogens is 354 g/mol. The van der Waals surface area contributed by atoms with Crippen LogP contribution in [0.4, 0.5) is 5.69 Å². The summed E-state index contributed by atoms with van der Waals surface area (Å²) >= 11 is 0. The number of hydrogen-bond donors (Lipinski definition) is 1. The van der Waals surface area contributed by atoms with E-state index in [0.29, 0.717) is 22.8 Å². The van der Waals surface area contributed by atoms with Gasteiger partial charge in [-0.1, -0.05) is 17.7 Å². The summed E-state index contributed by atoms with van der Waals surface area (Å²) in [7, 11) is 0. The second-order valence-corrected chi connectivity index (χ2v) is 6.14. The predicted molar refractivity (Wildman–Crippen MR) is 105 cm³/mol. The molecule has 2 aromatic carbocycles. The maximum atomic E-state index is 12.5. The van der Waals surface area contributed by atoms with Crippen molar-refractivity contribution in [1.82, 2.24) is 19.7 Å². The van der Waals surface area contributed by atoms with Crippen LogP contribution in [-0.4, -0.2) is 25.7 Å². The highest BCUT2D eigenvalue weighted by molar-refractivity contribution is 6.04. The standard InChI is InChI=1S/C21H17N5O2/c1-15-2-6-18(7-3-15)28-19-8-4-17(5-9-19)25-21(27)16-10-11-23-20(12-16)26-14-22-13-24-26/h2-14H,1H3,(H,25,27). The maximum absolute atomic E-state index is 12.5. The highest BCUT2D eigenvalue weighted by Crippen LogP contribution is 2.23. The molecule has 138 valence electrons. The van der Waals surface area contributed by atoms with Gasteiger partial charge in [-0.2, -0.15) is 5.10 Å².